The number of rotatable bonds is 1. The number of aromatic carboxylic acids is 1. The van der Waals surface area contributed by atoms with Gasteiger partial charge in [-0.25, -0.2) is 4.79 Å². The van der Waals surface area contributed by atoms with Gasteiger partial charge in [0.05, 0.1) is 5.56 Å². The normalized spacial score (nSPS) is 10.1. The second kappa shape index (κ2) is 6.00. The van der Waals surface area contributed by atoms with Gasteiger partial charge in [-0.1, -0.05) is 0 Å². The second-order valence-corrected chi connectivity index (χ2v) is 3.46. The number of nitrogens with zero attached hydrogens (tertiary/aromatic N) is 1. The number of hydrogen-bond acceptors (Lipinski definition) is 2. The van der Waals surface area contributed by atoms with Crippen LogP contribution in [0.1, 0.15) is 10.4 Å². The van der Waals surface area contributed by atoms with Crippen LogP contribution in [-0.2, 0) is 0 Å². The quantitative estimate of drug-likeness (QED) is 0.721. The summed E-state index contributed by atoms with van der Waals surface area (Å²) in [5.41, 5.74) is 0.220. The Morgan fingerprint density at radius 3 is 2.21 bits per heavy atom. The summed E-state index contributed by atoms with van der Waals surface area (Å²) in [5.74, 6) is -0.942. The smallest absolute Gasteiger partial charge is 0.337 e. The van der Waals surface area contributed by atoms with Crippen molar-refractivity contribution < 1.29 is 23.1 Å². The van der Waals surface area contributed by atoms with Crippen molar-refractivity contribution in [1.82, 2.24) is 4.98 Å². The van der Waals surface area contributed by atoms with Crippen LogP contribution in [-0.4, -0.2) is 47.4 Å². The maximum atomic E-state index is 10.4. The van der Waals surface area contributed by atoms with Crippen molar-refractivity contribution in [1.29, 1.82) is 0 Å². The van der Waals surface area contributed by atoms with Crippen molar-refractivity contribution in [3.8, 4) is 0 Å². The van der Waals surface area contributed by atoms with Gasteiger partial charge in [-0.05, 0) is 12.1 Å². The molecule has 0 fully saturated rings. The van der Waals surface area contributed by atoms with E-state index >= 15 is 0 Å². The number of halogens is 3. The average molecular weight is 215 g/mol. The van der Waals surface area contributed by atoms with Crippen LogP contribution in [0.4, 0.5) is 13.2 Å². The molecule has 1 aromatic heterocycles. The monoisotopic (exact) mass is 215 g/mol. The van der Waals surface area contributed by atoms with Gasteiger partial charge in [-0.3, -0.25) is 4.98 Å². The molecule has 0 spiro atoms. The van der Waals surface area contributed by atoms with E-state index in [9.17, 15) is 18.0 Å². The van der Waals surface area contributed by atoms with Crippen molar-refractivity contribution in [2.24, 2.45) is 0 Å². The van der Waals surface area contributed by atoms with Crippen LogP contribution in [0.25, 0.3) is 0 Å². The number of carboxylic acids is 1. The molecule has 0 aliphatic heterocycles. The van der Waals surface area contributed by atoms with E-state index in [1.807, 2.05) is 0 Å². The van der Waals surface area contributed by atoms with Gasteiger partial charge >= 0.3 is 50.5 Å². The van der Waals surface area contributed by atoms with Crippen LogP contribution < -0.4 is 0 Å². The summed E-state index contributed by atoms with van der Waals surface area (Å²) in [6.45, 7) is 0. The van der Waals surface area contributed by atoms with Gasteiger partial charge in [0, 0.05) is 12.4 Å². The Morgan fingerprint density at radius 1 is 1.50 bits per heavy atom. The maximum Gasteiger partial charge on any atom is 0.337 e. The molecule has 0 aliphatic carbocycles. The number of pyridine rings is 1. The molecule has 0 saturated carbocycles. The summed E-state index contributed by atoms with van der Waals surface area (Å²) in [7, 11) is 0. The van der Waals surface area contributed by atoms with E-state index in [-0.39, 0.29) is 5.56 Å². The van der Waals surface area contributed by atoms with Crippen LogP contribution in [0.5, 0.6) is 0 Å². The standard InChI is InChI=1S/C6H5NO2.CF3.Na/c8-6(9)5-2-1-3-7-4-5;2-1(3)4;/h1-4H,(H,8,9);;. The number of carboxylic acid groups (broad SMARTS) is 1. The van der Waals surface area contributed by atoms with Gasteiger partial charge < -0.3 is 5.11 Å². The zero-order valence-electron chi connectivity index (χ0n) is 7.25. The van der Waals surface area contributed by atoms with Gasteiger partial charge in [-0.15, -0.1) is 0 Å². The molecule has 0 bridgehead atoms. The van der Waals surface area contributed by atoms with Gasteiger partial charge in [0.2, 0.25) is 0 Å². The molecule has 0 radical (unpaired) electrons. The van der Waals surface area contributed by atoms with Crippen molar-refractivity contribution >= 4 is 33.9 Å². The molecule has 0 aliphatic rings. The van der Waals surface area contributed by atoms with Gasteiger partial charge in [0.25, 0.3) is 0 Å². The molecular formula is C7H5F3NNaO2. The minimum Gasteiger partial charge on any atom is -0.478 e. The van der Waals surface area contributed by atoms with Crippen molar-refractivity contribution in [2.45, 2.75) is 3.43 Å². The Labute approximate surface area is 95.4 Å². The molecule has 0 unspecified atom stereocenters. The van der Waals surface area contributed by atoms with E-state index in [1.54, 1.807) is 6.07 Å². The first kappa shape index (κ1) is 13.4. The zero-order valence-corrected chi connectivity index (χ0v) is 9.25. The average Bonchev–Trinajstić information content (AvgIpc) is 2.03. The minimum absolute atomic E-state index is 0.220. The van der Waals surface area contributed by atoms with Crippen LogP contribution in [0.15, 0.2) is 24.5 Å². The topological polar surface area (TPSA) is 50.2 Å². The predicted octanol–water partition coefficient (Wildman–Crippen LogP) is 1.45. The molecule has 0 aromatic carbocycles. The molecule has 0 saturated heterocycles. The van der Waals surface area contributed by atoms with E-state index in [0.29, 0.717) is 0 Å². The first-order valence-corrected chi connectivity index (χ1v) is 4.51. The molecule has 14 heavy (non-hydrogen) atoms. The fourth-order valence-electron chi connectivity index (χ4n) is 0.489. The number of hydrogen-bond donors (Lipinski definition) is 1. The van der Waals surface area contributed by atoms with Crippen molar-refractivity contribution in [3.05, 3.63) is 30.1 Å². The van der Waals surface area contributed by atoms with E-state index in [1.165, 1.54) is 18.5 Å². The van der Waals surface area contributed by atoms with Crippen LogP contribution in [0.2, 0.25) is 0 Å². The Balaban J connectivity index is 0.000000292. The fraction of sp³-hybridized carbons (Fsp3) is 0.143. The Bertz CT molecular complexity index is 283. The summed E-state index contributed by atoms with van der Waals surface area (Å²) in [4.78, 5) is 13.8. The van der Waals surface area contributed by atoms with Crippen molar-refractivity contribution in [2.75, 3.05) is 0 Å². The summed E-state index contributed by atoms with van der Waals surface area (Å²) in [6, 6.07) is 3.08. The second-order valence-electron chi connectivity index (χ2n) is 2.33. The summed E-state index contributed by atoms with van der Waals surface area (Å²) >= 11 is -0.692. The molecule has 3 nitrogen and oxygen atoms in total. The summed E-state index contributed by atoms with van der Waals surface area (Å²) in [6.07, 6.45) is 2.84. The van der Waals surface area contributed by atoms with Crippen LogP contribution in [0, 0.1) is 0 Å². The van der Waals surface area contributed by atoms with Crippen LogP contribution >= 0.6 is 0 Å². The molecule has 0 amide bonds. The third-order valence-electron chi connectivity index (χ3n) is 0.908. The van der Waals surface area contributed by atoms with Gasteiger partial charge in [0.1, 0.15) is 0 Å². The molecule has 7 heteroatoms. The first-order chi connectivity index (χ1) is 6.30. The number of carbonyl (C=O) groups is 1. The minimum atomic E-state index is -3.86. The molecule has 1 N–H and O–H groups in total. The molecule has 1 aromatic rings. The van der Waals surface area contributed by atoms with Crippen molar-refractivity contribution in [3.63, 3.8) is 0 Å². The largest absolute Gasteiger partial charge is 0.478 e. The van der Waals surface area contributed by atoms with E-state index in [0.717, 1.165) is 0 Å². The third kappa shape index (κ3) is 9.50. The fourth-order valence-corrected chi connectivity index (χ4v) is 0.489. The molecule has 0 atom stereocenters. The molecule has 1 heterocycles. The van der Waals surface area contributed by atoms with Gasteiger partial charge in [0.15, 0.2) is 0 Å². The Hall–Kier alpha value is -0.590. The third-order valence-corrected chi connectivity index (χ3v) is 0.908. The van der Waals surface area contributed by atoms with Crippen LogP contribution in [0.3, 0.4) is 0 Å². The van der Waals surface area contributed by atoms with E-state index < -0.39 is 37.3 Å². The van der Waals surface area contributed by atoms with E-state index in [2.05, 4.69) is 4.98 Å². The van der Waals surface area contributed by atoms with Gasteiger partial charge in [-0.2, -0.15) is 0 Å². The predicted molar refractivity (Wildman–Crippen MR) is 43.0 cm³/mol. The SMILES string of the molecule is F[C](F)(F)[Na].O=C(O)c1cccnc1. The molecule has 1 rings (SSSR count). The zero-order chi connectivity index (χ0) is 11.2. The first-order valence-electron chi connectivity index (χ1n) is 3.51. The molecule has 72 valence electrons. The van der Waals surface area contributed by atoms with E-state index in [4.69, 9.17) is 5.11 Å². The summed E-state index contributed by atoms with van der Waals surface area (Å²) in [5, 5.41) is 8.34. The summed E-state index contributed by atoms with van der Waals surface area (Å²) < 4.78 is 27.4. The number of alkyl halides is 3. The maximum absolute atomic E-state index is 10.4. The Kier molecular flexibility index (Phi) is 5.75. The Morgan fingerprint density at radius 2 is 2.00 bits per heavy atom. The molecular weight excluding hydrogens is 210 g/mol. The number of aromatic nitrogens is 1.